The van der Waals surface area contributed by atoms with Crippen LogP contribution in [0.4, 0.5) is 11.4 Å². The van der Waals surface area contributed by atoms with Crippen molar-refractivity contribution in [3.05, 3.63) is 62.1 Å². The Hall–Kier alpha value is -1.73. The van der Waals surface area contributed by atoms with Crippen LogP contribution in [-0.4, -0.2) is 24.6 Å². The van der Waals surface area contributed by atoms with E-state index in [4.69, 9.17) is 27.9 Å². The molecule has 26 heavy (non-hydrogen) atoms. The summed E-state index contributed by atoms with van der Waals surface area (Å²) in [5.41, 5.74) is 1.80. The van der Waals surface area contributed by atoms with Crippen molar-refractivity contribution in [2.75, 3.05) is 25.0 Å². The highest BCUT2D eigenvalue weighted by molar-refractivity contribution is 6.35. The Morgan fingerprint density at radius 2 is 1.85 bits per heavy atom. The van der Waals surface area contributed by atoms with E-state index in [0.717, 1.165) is 11.3 Å². The van der Waals surface area contributed by atoms with Crippen molar-refractivity contribution in [2.45, 2.75) is 13.5 Å². The van der Waals surface area contributed by atoms with E-state index in [2.05, 4.69) is 10.6 Å². The van der Waals surface area contributed by atoms with Crippen molar-refractivity contribution in [3.63, 3.8) is 0 Å². The molecule has 0 amide bonds. The van der Waals surface area contributed by atoms with E-state index in [9.17, 15) is 10.1 Å². The van der Waals surface area contributed by atoms with E-state index in [0.29, 0.717) is 42.0 Å². The number of non-ortho nitro benzene ring substituents is 1. The van der Waals surface area contributed by atoms with Gasteiger partial charge in [-0.25, -0.2) is 0 Å². The van der Waals surface area contributed by atoms with Crippen LogP contribution in [0, 0.1) is 10.1 Å². The van der Waals surface area contributed by atoms with Crippen molar-refractivity contribution < 1.29 is 22.1 Å². The number of benzene rings is 2. The molecule has 2 aromatic carbocycles. The van der Waals surface area contributed by atoms with Gasteiger partial charge in [-0.1, -0.05) is 23.2 Å². The molecule has 0 heterocycles. The van der Waals surface area contributed by atoms with Gasteiger partial charge < -0.3 is 27.8 Å². The van der Waals surface area contributed by atoms with Crippen LogP contribution in [0.3, 0.4) is 0 Å². The van der Waals surface area contributed by atoms with Crippen molar-refractivity contribution in [2.24, 2.45) is 0 Å². The minimum absolute atomic E-state index is 0. The van der Waals surface area contributed by atoms with Gasteiger partial charge in [-0.05, 0) is 31.2 Å². The lowest BCUT2D eigenvalue weighted by molar-refractivity contribution is -0.384. The maximum atomic E-state index is 10.6. The third-order valence-corrected chi connectivity index (χ3v) is 3.90. The number of nitro benzene ring substituents is 1. The number of hydrogen-bond acceptors (Lipinski definition) is 5. The fourth-order valence-electron chi connectivity index (χ4n) is 2.27. The smallest absolute Gasteiger partial charge is 0.269 e. The van der Waals surface area contributed by atoms with Gasteiger partial charge in [-0.15, -0.1) is 0 Å². The first-order valence-electron chi connectivity index (χ1n) is 7.81. The predicted molar refractivity (Wildman–Crippen MR) is 101 cm³/mol. The summed E-state index contributed by atoms with van der Waals surface area (Å²) in [6.45, 7) is 4.34. The Morgan fingerprint density at radius 3 is 2.46 bits per heavy atom. The monoisotopic (exact) mass is 418 g/mol. The number of nitrogens with one attached hydrogen (secondary N) is 2. The largest absolute Gasteiger partial charge is 1.00 e. The first kappa shape index (κ1) is 22.3. The summed E-state index contributed by atoms with van der Waals surface area (Å²) in [4.78, 5) is 10.2. The first-order chi connectivity index (χ1) is 12.0. The average molecular weight is 420 g/mol. The van der Waals surface area contributed by atoms with E-state index in [1.807, 2.05) is 13.0 Å². The molecule has 0 bridgehead atoms. The molecule has 0 saturated heterocycles. The van der Waals surface area contributed by atoms with Gasteiger partial charge >= 0.3 is 0 Å². The second-order valence-electron chi connectivity index (χ2n) is 5.22. The molecule has 2 aromatic rings. The highest BCUT2D eigenvalue weighted by atomic mass is 35.5. The molecule has 0 aromatic heterocycles. The number of hydrogen-bond donors (Lipinski definition) is 2. The van der Waals surface area contributed by atoms with Crippen LogP contribution in [0.1, 0.15) is 12.5 Å². The Bertz CT molecular complexity index is 727. The van der Waals surface area contributed by atoms with Crippen LogP contribution in [0.15, 0.2) is 36.4 Å². The van der Waals surface area contributed by atoms with Crippen LogP contribution < -0.4 is 27.8 Å². The molecule has 0 atom stereocenters. The first-order valence-corrected chi connectivity index (χ1v) is 8.56. The van der Waals surface area contributed by atoms with Gasteiger partial charge in [-0.3, -0.25) is 10.1 Å². The van der Waals surface area contributed by atoms with Crippen LogP contribution in [0.5, 0.6) is 5.75 Å². The summed E-state index contributed by atoms with van der Waals surface area (Å²) >= 11 is 12.2. The van der Waals surface area contributed by atoms with Gasteiger partial charge in [0.05, 0.1) is 16.6 Å². The minimum atomic E-state index is -0.419. The number of nitrogens with zero attached hydrogens (tertiary/aromatic N) is 1. The molecule has 0 spiro atoms. The van der Waals surface area contributed by atoms with Gasteiger partial charge in [0.2, 0.25) is 0 Å². The molecular formula is C17H19Cl3N3O3-. The van der Waals surface area contributed by atoms with Gasteiger partial charge in [0.1, 0.15) is 5.75 Å². The Morgan fingerprint density at radius 1 is 1.15 bits per heavy atom. The lowest BCUT2D eigenvalue weighted by atomic mass is 10.2. The van der Waals surface area contributed by atoms with Crippen molar-refractivity contribution in [1.82, 2.24) is 5.32 Å². The molecular weight excluding hydrogens is 401 g/mol. The standard InChI is InChI=1S/C17H19Cl2N3O3.ClH/c1-2-25-17-12(9-13(18)10-16(17)19)11-20-7-8-21-14-3-5-15(6-4-14)22(23)24;/h3-6,9-10,20-21H,2,7-8,11H2,1H3;1H/p-1. The molecule has 0 saturated carbocycles. The molecule has 0 aliphatic carbocycles. The highest BCUT2D eigenvalue weighted by Gasteiger charge is 2.10. The molecule has 0 fully saturated rings. The van der Waals surface area contributed by atoms with Crippen LogP contribution in [0.2, 0.25) is 10.0 Å². The second kappa shape index (κ2) is 11.1. The minimum Gasteiger partial charge on any atom is -1.00 e. The number of anilines is 1. The SMILES string of the molecule is CCOc1c(Cl)cc(Cl)cc1CNCCNc1ccc([N+](=O)[O-])cc1.[Cl-]. The summed E-state index contributed by atoms with van der Waals surface area (Å²) in [7, 11) is 0. The third-order valence-electron chi connectivity index (χ3n) is 3.40. The summed E-state index contributed by atoms with van der Waals surface area (Å²) in [5.74, 6) is 0.643. The van der Waals surface area contributed by atoms with Gasteiger partial charge in [0.25, 0.3) is 5.69 Å². The summed E-state index contributed by atoms with van der Waals surface area (Å²) < 4.78 is 5.58. The van der Waals surface area contributed by atoms with Crippen LogP contribution in [-0.2, 0) is 6.54 Å². The molecule has 0 unspecified atom stereocenters. The van der Waals surface area contributed by atoms with E-state index in [1.165, 1.54) is 12.1 Å². The van der Waals surface area contributed by atoms with Crippen molar-refractivity contribution in [1.29, 1.82) is 0 Å². The Balaban J connectivity index is 0.00000338. The molecule has 0 aliphatic heterocycles. The number of nitro groups is 1. The van der Waals surface area contributed by atoms with E-state index < -0.39 is 4.92 Å². The Labute approximate surface area is 168 Å². The maximum absolute atomic E-state index is 10.6. The van der Waals surface area contributed by atoms with Crippen LogP contribution >= 0.6 is 23.2 Å². The summed E-state index contributed by atoms with van der Waals surface area (Å²) in [6.07, 6.45) is 0. The molecule has 2 N–H and O–H groups in total. The fraction of sp³-hybridized carbons (Fsp3) is 0.294. The quantitative estimate of drug-likeness (QED) is 0.366. The maximum Gasteiger partial charge on any atom is 0.269 e. The molecule has 2 rings (SSSR count). The average Bonchev–Trinajstić information content (AvgIpc) is 2.58. The Kier molecular flexibility index (Phi) is 9.51. The zero-order valence-electron chi connectivity index (χ0n) is 14.1. The lowest BCUT2D eigenvalue weighted by Crippen LogP contribution is -3.00. The summed E-state index contributed by atoms with van der Waals surface area (Å²) in [5, 5.41) is 18.2. The van der Waals surface area contributed by atoms with Gasteiger partial charge in [-0.2, -0.15) is 0 Å². The lowest BCUT2D eigenvalue weighted by Gasteiger charge is -2.14. The molecule has 9 heteroatoms. The van der Waals surface area contributed by atoms with Gasteiger partial charge in [0, 0.05) is 48.0 Å². The normalized spacial score (nSPS) is 10.1. The van der Waals surface area contributed by atoms with E-state index in [1.54, 1.807) is 18.2 Å². The van der Waals surface area contributed by atoms with E-state index in [-0.39, 0.29) is 18.1 Å². The molecule has 142 valence electrons. The van der Waals surface area contributed by atoms with Gasteiger partial charge in [0.15, 0.2) is 0 Å². The molecule has 6 nitrogen and oxygen atoms in total. The number of halogens is 3. The fourth-order valence-corrected chi connectivity index (χ4v) is 2.86. The number of rotatable bonds is 9. The molecule has 0 aliphatic rings. The third kappa shape index (κ3) is 6.53. The van der Waals surface area contributed by atoms with Crippen molar-refractivity contribution >= 4 is 34.6 Å². The number of ether oxygens (including phenoxy) is 1. The zero-order chi connectivity index (χ0) is 18.2. The predicted octanol–water partition coefficient (Wildman–Crippen LogP) is 1.51. The summed E-state index contributed by atoms with van der Waals surface area (Å²) in [6, 6.07) is 9.79. The zero-order valence-corrected chi connectivity index (χ0v) is 16.4. The van der Waals surface area contributed by atoms with Crippen LogP contribution in [0.25, 0.3) is 0 Å². The molecule has 0 radical (unpaired) electrons. The second-order valence-corrected chi connectivity index (χ2v) is 6.06. The topological polar surface area (TPSA) is 76.4 Å². The van der Waals surface area contributed by atoms with Crippen molar-refractivity contribution in [3.8, 4) is 5.75 Å². The highest BCUT2D eigenvalue weighted by Crippen LogP contribution is 2.32. The van der Waals surface area contributed by atoms with E-state index >= 15 is 0 Å².